The van der Waals surface area contributed by atoms with Crippen LogP contribution in [0, 0.1) is 0 Å². The SMILES string of the molecule is CN(C(=O)OC(C)(C)C)c1ccc(-c2nc3ccc(OCCOCCOCCOCCOCCOCCO[Si](C)(C)C(C)(C)C)cc3s2)cc1. The van der Waals surface area contributed by atoms with E-state index in [2.05, 4.69) is 33.9 Å². The molecule has 0 saturated carbocycles. The van der Waals surface area contributed by atoms with E-state index in [9.17, 15) is 4.79 Å². The molecule has 1 heterocycles. The van der Waals surface area contributed by atoms with Crippen LogP contribution in [0.2, 0.25) is 18.1 Å². The Hall–Kier alpha value is -2.62. The van der Waals surface area contributed by atoms with Gasteiger partial charge in [0.1, 0.15) is 23.0 Å². The highest BCUT2D eigenvalue weighted by Gasteiger charge is 2.36. The number of carbonyl (C=O) groups excluding carboxylic acids is 1. The summed E-state index contributed by atoms with van der Waals surface area (Å²) in [6.07, 6.45) is -0.396. The lowest BCUT2D eigenvalue weighted by Gasteiger charge is -2.36. The van der Waals surface area contributed by atoms with Gasteiger partial charge in [-0.3, -0.25) is 4.90 Å². The minimum Gasteiger partial charge on any atom is -0.491 e. The van der Waals surface area contributed by atoms with Crippen molar-refractivity contribution in [2.24, 2.45) is 0 Å². The lowest BCUT2D eigenvalue weighted by molar-refractivity contribution is -0.0144. The third-order valence-corrected chi connectivity index (χ3v) is 13.6. The van der Waals surface area contributed by atoms with Crippen molar-refractivity contribution < 1.29 is 42.4 Å². The lowest BCUT2D eigenvalue weighted by atomic mass is 10.2. The summed E-state index contributed by atoms with van der Waals surface area (Å²) < 4.78 is 46.4. The van der Waals surface area contributed by atoms with Crippen LogP contribution in [0.4, 0.5) is 10.5 Å². The maximum atomic E-state index is 12.4. The Labute approximate surface area is 303 Å². The number of fused-ring (bicyclic) bond motifs is 1. The monoisotopic (exact) mass is 734 g/mol. The molecule has 280 valence electrons. The first-order valence-electron chi connectivity index (χ1n) is 17.3. The summed E-state index contributed by atoms with van der Waals surface area (Å²) >= 11 is 1.59. The van der Waals surface area contributed by atoms with Gasteiger partial charge in [0.05, 0.1) is 82.9 Å². The van der Waals surface area contributed by atoms with E-state index in [0.29, 0.717) is 79.3 Å². The van der Waals surface area contributed by atoms with Gasteiger partial charge in [-0.15, -0.1) is 11.3 Å². The van der Waals surface area contributed by atoms with Crippen molar-refractivity contribution in [2.75, 3.05) is 91.2 Å². The minimum atomic E-state index is -1.71. The van der Waals surface area contributed by atoms with Crippen LogP contribution in [0.5, 0.6) is 5.75 Å². The molecule has 11 nitrogen and oxygen atoms in total. The van der Waals surface area contributed by atoms with Gasteiger partial charge in [-0.05, 0) is 81.4 Å². The zero-order valence-corrected chi connectivity index (χ0v) is 33.3. The van der Waals surface area contributed by atoms with Gasteiger partial charge in [0.2, 0.25) is 0 Å². The van der Waals surface area contributed by atoms with Crippen LogP contribution >= 0.6 is 11.3 Å². The zero-order chi connectivity index (χ0) is 36.6. The zero-order valence-electron chi connectivity index (χ0n) is 31.5. The molecule has 0 aliphatic heterocycles. The molecule has 0 bridgehead atoms. The molecule has 0 atom stereocenters. The molecule has 3 aromatic rings. The second kappa shape index (κ2) is 20.4. The normalized spacial score (nSPS) is 12.4. The minimum absolute atomic E-state index is 0.210. The molecule has 1 aromatic heterocycles. The molecular formula is C37H58N2O9SSi. The summed E-state index contributed by atoms with van der Waals surface area (Å²) in [7, 11) is -0.0104. The van der Waals surface area contributed by atoms with Crippen LogP contribution in [0.15, 0.2) is 42.5 Å². The van der Waals surface area contributed by atoms with E-state index >= 15 is 0 Å². The number of aromatic nitrogens is 1. The Morgan fingerprint density at radius 3 is 1.72 bits per heavy atom. The second-order valence-corrected chi connectivity index (χ2v) is 20.1. The van der Waals surface area contributed by atoms with E-state index in [-0.39, 0.29) is 5.04 Å². The van der Waals surface area contributed by atoms with Gasteiger partial charge in [0.15, 0.2) is 8.32 Å². The molecule has 3 rings (SSSR count). The molecular weight excluding hydrogens is 677 g/mol. The molecule has 0 spiro atoms. The third kappa shape index (κ3) is 14.9. The maximum absolute atomic E-state index is 12.4. The summed E-state index contributed by atoms with van der Waals surface area (Å²) in [5.74, 6) is 0.766. The summed E-state index contributed by atoms with van der Waals surface area (Å²) in [5, 5.41) is 1.10. The van der Waals surface area contributed by atoms with Crippen molar-refractivity contribution in [1.29, 1.82) is 0 Å². The van der Waals surface area contributed by atoms with Crippen LogP contribution in [-0.2, 0) is 32.8 Å². The standard InChI is InChI=1S/C37H58N2O9SSi/c1-36(2,3)48-35(40)39(7)30-12-10-29(11-13-30)34-38-32-15-14-31(28-33(32)49-34)46-26-24-44-22-20-42-18-16-41-17-19-43-21-23-45-25-27-47-50(8,9)37(4,5)6/h10-15,28H,16-27H2,1-9H3. The number of carbonyl (C=O) groups is 1. The second-order valence-electron chi connectivity index (χ2n) is 14.3. The van der Waals surface area contributed by atoms with E-state index in [1.165, 1.54) is 4.90 Å². The number of nitrogens with zero attached hydrogens (tertiary/aromatic N) is 2. The smallest absolute Gasteiger partial charge is 0.414 e. The Morgan fingerprint density at radius 1 is 0.720 bits per heavy atom. The van der Waals surface area contributed by atoms with Crippen LogP contribution in [-0.4, -0.2) is 111 Å². The summed E-state index contributed by atoms with van der Waals surface area (Å²) in [5.41, 5.74) is 2.07. The molecule has 2 aromatic carbocycles. The highest BCUT2D eigenvalue weighted by molar-refractivity contribution is 7.21. The fraction of sp³-hybridized carbons (Fsp3) is 0.622. The van der Waals surface area contributed by atoms with Gasteiger partial charge >= 0.3 is 6.09 Å². The van der Waals surface area contributed by atoms with Crippen molar-refractivity contribution in [3.05, 3.63) is 42.5 Å². The first-order valence-corrected chi connectivity index (χ1v) is 21.0. The number of rotatable bonds is 22. The van der Waals surface area contributed by atoms with Crippen LogP contribution in [0.1, 0.15) is 41.5 Å². The Morgan fingerprint density at radius 2 is 1.22 bits per heavy atom. The largest absolute Gasteiger partial charge is 0.491 e. The summed E-state index contributed by atoms with van der Waals surface area (Å²) in [6, 6.07) is 13.6. The first kappa shape index (κ1) is 41.8. The van der Waals surface area contributed by atoms with E-state index in [1.807, 2.05) is 63.2 Å². The van der Waals surface area contributed by atoms with Gasteiger partial charge in [0.25, 0.3) is 0 Å². The number of hydrogen-bond donors (Lipinski definition) is 0. The van der Waals surface area contributed by atoms with Crippen molar-refractivity contribution in [3.63, 3.8) is 0 Å². The highest BCUT2D eigenvalue weighted by atomic mass is 32.1. The topological polar surface area (TPSA) is 107 Å². The molecule has 0 aliphatic rings. The average molecular weight is 735 g/mol. The molecule has 0 unspecified atom stereocenters. The number of amides is 1. The predicted octanol–water partition coefficient (Wildman–Crippen LogP) is 7.82. The molecule has 0 aliphatic carbocycles. The van der Waals surface area contributed by atoms with Crippen molar-refractivity contribution in [2.45, 2.75) is 65.3 Å². The number of benzene rings is 2. The fourth-order valence-electron chi connectivity index (χ4n) is 4.15. The van der Waals surface area contributed by atoms with Gasteiger partial charge in [-0.25, -0.2) is 9.78 Å². The maximum Gasteiger partial charge on any atom is 0.414 e. The molecule has 0 N–H and O–H groups in total. The number of ether oxygens (including phenoxy) is 7. The van der Waals surface area contributed by atoms with Crippen molar-refractivity contribution in [1.82, 2.24) is 4.98 Å². The van der Waals surface area contributed by atoms with Crippen LogP contribution in [0.25, 0.3) is 20.8 Å². The first-order chi connectivity index (χ1) is 23.7. The molecule has 0 radical (unpaired) electrons. The van der Waals surface area contributed by atoms with E-state index in [0.717, 1.165) is 32.2 Å². The van der Waals surface area contributed by atoms with Gasteiger partial charge in [-0.2, -0.15) is 0 Å². The van der Waals surface area contributed by atoms with Crippen LogP contribution < -0.4 is 9.64 Å². The van der Waals surface area contributed by atoms with Gasteiger partial charge in [-0.1, -0.05) is 20.8 Å². The number of anilines is 1. The predicted molar refractivity (Wildman–Crippen MR) is 202 cm³/mol. The average Bonchev–Trinajstić information content (AvgIpc) is 3.48. The van der Waals surface area contributed by atoms with E-state index in [1.54, 1.807) is 18.4 Å². The quantitative estimate of drug-likeness (QED) is 0.0749. The molecule has 13 heteroatoms. The van der Waals surface area contributed by atoms with Gasteiger partial charge in [0, 0.05) is 18.3 Å². The summed E-state index contributed by atoms with van der Waals surface area (Å²) in [6.45, 7) is 23.0. The van der Waals surface area contributed by atoms with Gasteiger partial charge < -0.3 is 37.6 Å². The fourth-order valence-corrected chi connectivity index (χ4v) is 6.18. The Bertz CT molecular complexity index is 1420. The summed E-state index contributed by atoms with van der Waals surface area (Å²) in [4.78, 5) is 18.7. The van der Waals surface area contributed by atoms with Crippen molar-refractivity contribution >= 4 is 41.7 Å². The van der Waals surface area contributed by atoms with E-state index in [4.69, 9.17) is 42.6 Å². The molecule has 50 heavy (non-hydrogen) atoms. The lowest BCUT2D eigenvalue weighted by Crippen LogP contribution is -2.41. The molecule has 0 fully saturated rings. The highest BCUT2D eigenvalue weighted by Crippen LogP contribution is 2.36. The number of hydrogen-bond acceptors (Lipinski definition) is 11. The number of thiazole rings is 1. The molecule has 1 amide bonds. The van der Waals surface area contributed by atoms with Crippen LogP contribution in [0.3, 0.4) is 0 Å². The third-order valence-electron chi connectivity index (χ3n) is 8.01. The van der Waals surface area contributed by atoms with E-state index < -0.39 is 20.0 Å². The van der Waals surface area contributed by atoms with Crippen molar-refractivity contribution in [3.8, 4) is 16.3 Å². The Balaban J connectivity index is 1.19. The Kier molecular flexibility index (Phi) is 17.1. The molecule has 0 saturated heterocycles.